The molecule has 9 heteroatoms. The standard InChI is InChI=1S/C20H20Cl2N2O4S/c21-14-2-1-13(17(22)7-14)9-23-20(29)24-5-6-25-16(10-24)11-26-15-3-4-18-19(8-15)28-12-27-18/h1-4,7-8,16H,5-6,9-12H2,(H,23,29). The van der Waals surface area contributed by atoms with Crippen LogP contribution in [0.2, 0.25) is 10.0 Å². The average molecular weight is 455 g/mol. The van der Waals surface area contributed by atoms with E-state index in [4.69, 9.17) is 54.4 Å². The molecule has 154 valence electrons. The molecule has 0 bridgehead atoms. The van der Waals surface area contributed by atoms with Gasteiger partial charge in [-0.3, -0.25) is 0 Å². The predicted molar refractivity (Wildman–Crippen MR) is 115 cm³/mol. The number of hydrogen-bond acceptors (Lipinski definition) is 5. The van der Waals surface area contributed by atoms with Gasteiger partial charge in [-0.1, -0.05) is 29.3 Å². The maximum Gasteiger partial charge on any atom is 0.231 e. The summed E-state index contributed by atoms with van der Waals surface area (Å²) in [5.41, 5.74) is 0.939. The van der Waals surface area contributed by atoms with E-state index >= 15 is 0 Å². The minimum atomic E-state index is -0.0898. The van der Waals surface area contributed by atoms with Crippen LogP contribution in [0.3, 0.4) is 0 Å². The molecule has 0 amide bonds. The van der Waals surface area contributed by atoms with Gasteiger partial charge in [0, 0.05) is 35.7 Å². The van der Waals surface area contributed by atoms with Crippen LogP contribution in [0.1, 0.15) is 5.56 Å². The number of halogens is 2. The van der Waals surface area contributed by atoms with E-state index in [1.807, 2.05) is 30.3 Å². The van der Waals surface area contributed by atoms with Gasteiger partial charge in [0.25, 0.3) is 0 Å². The molecule has 6 nitrogen and oxygen atoms in total. The van der Waals surface area contributed by atoms with Gasteiger partial charge in [0.15, 0.2) is 16.6 Å². The second-order valence-electron chi connectivity index (χ2n) is 6.66. The lowest BCUT2D eigenvalue weighted by Crippen LogP contribution is -2.50. The molecule has 1 saturated heterocycles. The van der Waals surface area contributed by atoms with Crippen molar-refractivity contribution in [2.75, 3.05) is 33.1 Å². The molecule has 2 aliphatic rings. The van der Waals surface area contributed by atoms with Gasteiger partial charge in [0.1, 0.15) is 18.5 Å². The van der Waals surface area contributed by atoms with Crippen LogP contribution in [0.15, 0.2) is 36.4 Å². The van der Waals surface area contributed by atoms with Crippen molar-refractivity contribution in [1.29, 1.82) is 0 Å². The minimum absolute atomic E-state index is 0.0898. The van der Waals surface area contributed by atoms with E-state index in [1.165, 1.54) is 0 Å². The second-order valence-corrected chi connectivity index (χ2v) is 7.89. The van der Waals surface area contributed by atoms with E-state index in [1.54, 1.807) is 6.07 Å². The van der Waals surface area contributed by atoms with Crippen LogP contribution < -0.4 is 19.5 Å². The van der Waals surface area contributed by atoms with E-state index in [0.29, 0.717) is 53.0 Å². The Hall–Kier alpha value is -1.93. The number of fused-ring (bicyclic) bond motifs is 1. The topological polar surface area (TPSA) is 52.2 Å². The van der Waals surface area contributed by atoms with Crippen molar-refractivity contribution in [3.63, 3.8) is 0 Å². The lowest BCUT2D eigenvalue weighted by atomic mass is 10.2. The molecule has 0 spiro atoms. The third kappa shape index (κ3) is 5.17. The van der Waals surface area contributed by atoms with Crippen molar-refractivity contribution in [2.24, 2.45) is 0 Å². The van der Waals surface area contributed by atoms with E-state index in [9.17, 15) is 0 Å². The van der Waals surface area contributed by atoms with Gasteiger partial charge in [0.2, 0.25) is 6.79 Å². The normalized spacial score (nSPS) is 17.9. The Bertz CT molecular complexity index is 899. The quantitative estimate of drug-likeness (QED) is 0.687. The maximum absolute atomic E-state index is 6.22. The summed E-state index contributed by atoms with van der Waals surface area (Å²) in [4.78, 5) is 2.08. The van der Waals surface area contributed by atoms with Crippen molar-refractivity contribution in [2.45, 2.75) is 12.6 Å². The fourth-order valence-corrected chi connectivity index (χ4v) is 3.82. The Balaban J connectivity index is 1.27. The molecule has 2 heterocycles. The van der Waals surface area contributed by atoms with Gasteiger partial charge in [-0.15, -0.1) is 0 Å². The molecule has 1 fully saturated rings. The third-order valence-electron chi connectivity index (χ3n) is 4.65. The van der Waals surface area contributed by atoms with E-state index in [2.05, 4.69) is 10.2 Å². The van der Waals surface area contributed by atoms with Crippen LogP contribution in [0, 0.1) is 0 Å². The van der Waals surface area contributed by atoms with E-state index in [0.717, 1.165) is 17.9 Å². The first-order chi connectivity index (χ1) is 14.1. The molecule has 0 radical (unpaired) electrons. The molecule has 2 aliphatic heterocycles. The predicted octanol–water partition coefficient (Wildman–Crippen LogP) is 3.88. The van der Waals surface area contributed by atoms with Crippen LogP contribution in [0.4, 0.5) is 0 Å². The number of thiocarbonyl (C=S) groups is 1. The summed E-state index contributed by atoms with van der Waals surface area (Å²) in [5.74, 6) is 2.14. The Morgan fingerprint density at radius 3 is 2.90 bits per heavy atom. The minimum Gasteiger partial charge on any atom is -0.491 e. The number of morpholine rings is 1. The first-order valence-electron chi connectivity index (χ1n) is 9.19. The molecule has 0 aromatic heterocycles. The van der Waals surface area contributed by atoms with Gasteiger partial charge < -0.3 is 29.2 Å². The van der Waals surface area contributed by atoms with Gasteiger partial charge in [-0.2, -0.15) is 0 Å². The molecule has 1 N–H and O–H groups in total. The Morgan fingerprint density at radius 1 is 1.17 bits per heavy atom. The SMILES string of the molecule is S=C(NCc1ccc(Cl)cc1Cl)N1CCOC(COc2ccc3c(c2)OCO3)C1. The average Bonchev–Trinajstić information content (AvgIpc) is 3.19. The fraction of sp³-hybridized carbons (Fsp3) is 0.350. The van der Waals surface area contributed by atoms with Crippen molar-refractivity contribution in [3.05, 3.63) is 52.0 Å². The monoisotopic (exact) mass is 454 g/mol. The Labute approximate surface area is 184 Å². The number of ether oxygens (including phenoxy) is 4. The molecule has 0 aliphatic carbocycles. The molecule has 2 aromatic rings. The summed E-state index contributed by atoms with van der Waals surface area (Å²) in [7, 11) is 0. The number of rotatable bonds is 5. The molecular formula is C20H20Cl2N2O4S. The summed E-state index contributed by atoms with van der Waals surface area (Å²) < 4.78 is 22.4. The summed E-state index contributed by atoms with van der Waals surface area (Å²) in [6.45, 7) is 3.14. The zero-order valence-corrected chi connectivity index (χ0v) is 17.9. The summed E-state index contributed by atoms with van der Waals surface area (Å²) in [6, 6.07) is 10.9. The van der Waals surface area contributed by atoms with Crippen LogP contribution in [-0.4, -0.2) is 49.2 Å². The van der Waals surface area contributed by atoms with Gasteiger partial charge in [-0.05, 0) is 42.0 Å². The van der Waals surface area contributed by atoms with Gasteiger partial charge >= 0.3 is 0 Å². The van der Waals surface area contributed by atoms with E-state index in [-0.39, 0.29) is 12.9 Å². The highest BCUT2D eigenvalue weighted by Gasteiger charge is 2.23. The summed E-state index contributed by atoms with van der Waals surface area (Å²) in [5, 5.41) is 5.14. The Kier molecular flexibility index (Phi) is 6.50. The molecule has 1 atom stereocenters. The first-order valence-corrected chi connectivity index (χ1v) is 10.4. The maximum atomic E-state index is 6.22. The van der Waals surface area contributed by atoms with Crippen molar-refractivity contribution < 1.29 is 18.9 Å². The van der Waals surface area contributed by atoms with Crippen LogP contribution >= 0.6 is 35.4 Å². The summed E-state index contributed by atoms with van der Waals surface area (Å²) in [6.07, 6.45) is -0.0898. The highest BCUT2D eigenvalue weighted by Crippen LogP contribution is 2.35. The number of hydrogen-bond donors (Lipinski definition) is 1. The number of nitrogens with zero attached hydrogens (tertiary/aromatic N) is 1. The number of nitrogens with one attached hydrogen (secondary N) is 1. The van der Waals surface area contributed by atoms with Gasteiger partial charge in [0.05, 0.1) is 6.61 Å². The smallest absolute Gasteiger partial charge is 0.231 e. The zero-order valence-electron chi connectivity index (χ0n) is 15.5. The van der Waals surface area contributed by atoms with Gasteiger partial charge in [-0.25, -0.2) is 0 Å². The largest absolute Gasteiger partial charge is 0.491 e. The molecule has 29 heavy (non-hydrogen) atoms. The molecule has 2 aromatic carbocycles. The summed E-state index contributed by atoms with van der Waals surface area (Å²) >= 11 is 17.7. The fourth-order valence-electron chi connectivity index (χ4n) is 3.11. The van der Waals surface area contributed by atoms with Crippen molar-refractivity contribution in [3.8, 4) is 17.2 Å². The van der Waals surface area contributed by atoms with Crippen molar-refractivity contribution in [1.82, 2.24) is 10.2 Å². The van der Waals surface area contributed by atoms with E-state index < -0.39 is 0 Å². The zero-order chi connectivity index (χ0) is 20.2. The Morgan fingerprint density at radius 2 is 2.03 bits per heavy atom. The van der Waals surface area contributed by atoms with Crippen LogP contribution in [-0.2, 0) is 11.3 Å². The molecular weight excluding hydrogens is 435 g/mol. The highest BCUT2D eigenvalue weighted by molar-refractivity contribution is 7.80. The molecule has 4 rings (SSSR count). The highest BCUT2D eigenvalue weighted by atomic mass is 35.5. The van der Waals surface area contributed by atoms with Crippen molar-refractivity contribution >= 4 is 40.5 Å². The lowest BCUT2D eigenvalue weighted by Gasteiger charge is -2.34. The second kappa shape index (κ2) is 9.26. The molecule has 0 saturated carbocycles. The van der Waals surface area contributed by atoms with Crippen LogP contribution in [0.5, 0.6) is 17.2 Å². The number of benzene rings is 2. The third-order valence-corrected chi connectivity index (χ3v) is 5.64. The first kappa shape index (κ1) is 20.3. The molecule has 1 unspecified atom stereocenters. The lowest BCUT2D eigenvalue weighted by molar-refractivity contribution is -0.0288. The van der Waals surface area contributed by atoms with Crippen LogP contribution in [0.25, 0.3) is 0 Å².